The fourth-order valence-corrected chi connectivity index (χ4v) is 5.19. The van der Waals surface area contributed by atoms with Gasteiger partial charge in [-0.25, -0.2) is 8.42 Å². The number of rotatable bonds is 5. The predicted molar refractivity (Wildman–Crippen MR) is 130 cm³/mol. The lowest BCUT2D eigenvalue weighted by Crippen LogP contribution is -2.39. The van der Waals surface area contributed by atoms with Crippen LogP contribution in [0.1, 0.15) is 27.0 Å². The average molecular weight is 449 g/mol. The monoisotopic (exact) mass is 448 g/mol. The molecule has 0 aromatic heterocycles. The molecule has 166 valence electrons. The van der Waals surface area contributed by atoms with Gasteiger partial charge >= 0.3 is 0 Å². The van der Waals surface area contributed by atoms with Crippen LogP contribution in [-0.4, -0.2) is 43.8 Å². The number of hydrogen-bond acceptors (Lipinski definition) is 4. The molecule has 0 radical (unpaired) electrons. The molecule has 0 bridgehead atoms. The van der Waals surface area contributed by atoms with Crippen LogP contribution in [0.5, 0.6) is 0 Å². The van der Waals surface area contributed by atoms with E-state index >= 15 is 0 Å². The second-order valence-corrected chi connectivity index (χ2v) is 10.8. The Kier molecular flexibility index (Phi) is 6.44. The molecule has 5 nitrogen and oxygen atoms in total. The largest absolute Gasteiger partial charge is 0.322 e. The lowest BCUT2D eigenvalue weighted by Gasteiger charge is -2.26. The summed E-state index contributed by atoms with van der Waals surface area (Å²) in [5.74, 6) is 0.304. The Balaban J connectivity index is 1.37. The van der Waals surface area contributed by atoms with Gasteiger partial charge in [0.25, 0.3) is 5.91 Å². The molecule has 1 aliphatic rings. The highest BCUT2D eigenvalue weighted by atomic mass is 32.2. The Morgan fingerprint density at radius 3 is 2.22 bits per heavy atom. The Hall–Kier alpha value is -2.96. The molecule has 1 amide bonds. The first kappa shape index (κ1) is 22.2. The first-order valence-electron chi connectivity index (χ1n) is 10.8. The standard InChI is InChI=1S/C26H28N2O3S/c1-19-3-4-20(2)25(17-19)22-7-9-23(10-8-22)26(29)27-24-11-5-21(6-12-24)18-28-13-15-32(30,31)16-14-28/h3-12,17H,13-16,18H2,1-2H3,(H,27,29). The molecule has 1 aliphatic heterocycles. The van der Waals surface area contributed by atoms with Crippen LogP contribution in [0, 0.1) is 13.8 Å². The SMILES string of the molecule is Cc1ccc(C)c(-c2ccc(C(=O)Nc3ccc(CN4CCS(=O)(=O)CC4)cc3)cc2)c1. The van der Waals surface area contributed by atoms with Crippen molar-refractivity contribution in [3.63, 3.8) is 0 Å². The van der Waals surface area contributed by atoms with E-state index in [9.17, 15) is 13.2 Å². The zero-order chi connectivity index (χ0) is 22.7. The molecule has 0 atom stereocenters. The van der Waals surface area contributed by atoms with Crippen molar-refractivity contribution in [3.8, 4) is 11.1 Å². The van der Waals surface area contributed by atoms with Crippen molar-refractivity contribution < 1.29 is 13.2 Å². The van der Waals surface area contributed by atoms with Crippen molar-refractivity contribution in [2.45, 2.75) is 20.4 Å². The summed E-state index contributed by atoms with van der Waals surface area (Å²) in [6.45, 7) is 6.01. The van der Waals surface area contributed by atoms with Gasteiger partial charge in [-0.2, -0.15) is 0 Å². The van der Waals surface area contributed by atoms with E-state index in [-0.39, 0.29) is 17.4 Å². The first-order chi connectivity index (χ1) is 15.3. The van der Waals surface area contributed by atoms with Crippen molar-refractivity contribution >= 4 is 21.4 Å². The summed E-state index contributed by atoms with van der Waals surface area (Å²) >= 11 is 0. The van der Waals surface area contributed by atoms with Gasteiger partial charge in [-0.1, -0.05) is 48.0 Å². The molecule has 3 aromatic rings. The lowest BCUT2D eigenvalue weighted by molar-refractivity contribution is 0.102. The minimum Gasteiger partial charge on any atom is -0.322 e. The van der Waals surface area contributed by atoms with Gasteiger partial charge in [-0.3, -0.25) is 9.69 Å². The highest BCUT2D eigenvalue weighted by Gasteiger charge is 2.21. The Bertz CT molecular complexity index is 1200. The maximum Gasteiger partial charge on any atom is 0.255 e. The third-order valence-corrected chi connectivity index (χ3v) is 7.52. The van der Waals surface area contributed by atoms with E-state index in [0.29, 0.717) is 25.2 Å². The zero-order valence-corrected chi connectivity index (χ0v) is 19.3. The van der Waals surface area contributed by atoms with Crippen LogP contribution in [0.4, 0.5) is 5.69 Å². The van der Waals surface area contributed by atoms with Crippen LogP contribution < -0.4 is 5.32 Å². The second-order valence-electron chi connectivity index (χ2n) is 8.47. The maximum atomic E-state index is 12.7. The van der Waals surface area contributed by atoms with E-state index in [1.54, 1.807) is 0 Å². The molecule has 1 fully saturated rings. The summed E-state index contributed by atoms with van der Waals surface area (Å²) < 4.78 is 23.1. The molecule has 1 heterocycles. The van der Waals surface area contributed by atoms with Crippen molar-refractivity contribution in [3.05, 3.63) is 89.0 Å². The molecule has 3 aromatic carbocycles. The molecule has 4 rings (SSSR count). The number of anilines is 1. The summed E-state index contributed by atoms with van der Waals surface area (Å²) in [5, 5.41) is 2.95. The molecule has 1 N–H and O–H groups in total. The van der Waals surface area contributed by atoms with Gasteiger partial charge in [0.15, 0.2) is 9.84 Å². The Morgan fingerprint density at radius 2 is 1.56 bits per heavy atom. The second kappa shape index (κ2) is 9.27. The summed E-state index contributed by atoms with van der Waals surface area (Å²) in [5.41, 5.74) is 7.13. The fraction of sp³-hybridized carbons (Fsp3) is 0.269. The third-order valence-electron chi connectivity index (χ3n) is 5.91. The van der Waals surface area contributed by atoms with Gasteiger partial charge in [-0.05, 0) is 60.4 Å². The van der Waals surface area contributed by atoms with Crippen LogP contribution in [0.25, 0.3) is 11.1 Å². The van der Waals surface area contributed by atoms with E-state index in [1.807, 2.05) is 48.5 Å². The van der Waals surface area contributed by atoms with E-state index in [1.165, 1.54) is 16.7 Å². The number of carbonyl (C=O) groups is 1. The summed E-state index contributed by atoms with van der Waals surface area (Å²) in [4.78, 5) is 14.8. The van der Waals surface area contributed by atoms with Crippen LogP contribution in [-0.2, 0) is 16.4 Å². The highest BCUT2D eigenvalue weighted by molar-refractivity contribution is 7.91. The molecule has 1 saturated heterocycles. The van der Waals surface area contributed by atoms with Crippen LogP contribution in [0.2, 0.25) is 0 Å². The Labute approximate surface area is 190 Å². The molecule has 32 heavy (non-hydrogen) atoms. The van der Waals surface area contributed by atoms with E-state index in [2.05, 4.69) is 42.3 Å². The minimum absolute atomic E-state index is 0.147. The van der Waals surface area contributed by atoms with Gasteiger partial charge in [0.05, 0.1) is 11.5 Å². The van der Waals surface area contributed by atoms with Gasteiger partial charge in [0, 0.05) is 30.9 Å². The number of benzene rings is 3. The van der Waals surface area contributed by atoms with Gasteiger partial charge in [0.1, 0.15) is 0 Å². The first-order valence-corrected chi connectivity index (χ1v) is 12.6. The average Bonchev–Trinajstić information content (AvgIpc) is 2.78. The van der Waals surface area contributed by atoms with Gasteiger partial charge < -0.3 is 5.32 Å². The summed E-state index contributed by atoms with van der Waals surface area (Å²) in [6.07, 6.45) is 0. The van der Waals surface area contributed by atoms with Crippen LogP contribution in [0.3, 0.4) is 0 Å². The number of aryl methyl sites for hydroxylation is 2. The normalized spacial score (nSPS) is 15.9. The molecule has 6 heteroatoms. The highest BCUT2D eigenvalue weighted by Crippen LogP contribution is 2.25. The Morgan fingerprint density at radius 1 is 0.906 bits per heavy atom. The molecular formula is C26H28N2O3S. The summed E-state index contributed by atoms with van der Waals surface area (Å²) in [7, 11) is -2.87. The van der Waals surface area contributed by atoms with E-state index < -0.39 is 9.84 Å². The fourth-order valence-electron chi connectivity index (χ4n) is 3.91. The number of nitrogens with zero attached hydrogens (tertiary/aromatic N) is 1. The van der Waals surface area contributed by atoms with Crippen LogP contribution >= 0.6 is 0 Å². The number of carbonyl (C=O) groups excluding carboxylic acids is 1. The van der Waals surface area contributed by atoms with Gasteiger partial charge in [0.2, 0.25) is 0 Å². The van der Waals surface area contributed by atoms with Crippen molar-refractivity contribution in [2.75, 3.05) is 29.9 Å². The minimum atomic E-state index is -2.87. The van der Waals surface area contributed by atoms with Crippen LogP contribution in [0.15, 0.2) is 66.7 Å². The number of sulfone groups is 1. The molecule has 0 aliphatic carbocycles. The number of amides is 1. The van der Waals surface area contributed by atoms with Gasteiger partial charge in [-0.15, -0.1) is 0 Å². The third kappa shape index (κ3) is 5.44. The van der Waals surface area contributed by atoms with E-state index in [0.717, 1.165) is 16.8 Å². The summed E-state index contributed by atoms with van der Waals surface area (Å²) in [6, 6.07) is 21.8. The molecule has 0 saturated carbocycles. The zero-order valence-electron chi connectivity index (χ0n) is 18.5. The number of nitrogens with one attached hydrogen (secondary N) is 1. The molecule has 0 spiro atoms. The van der Waals surface area contributed by atoms with Crippen molar-refractivity contribution in [1.29, 1.82) is 0 Å². The lowest BCUT2D eigenvalue weighted by atomic mass is 9.97. The van der Waals surface area contributed by atoms with E-state index in [4.69, 9.17) is 0 Å². The maximum absolute atomic E-state index is 12.7. The topological polar surface area (TPSA) is 66.5 Å². The molecular weight excluding hydrogens is 420 g/mol. The van der Waals surface area contributed by atoms with Crippen molar-refractivity contribution in [1.82, 2.24) is 4.90 Å². The number of hydrogen-bond donors (Lipinski definition) is 1. The molecule has 0 unspecified atom stereocenters. The van der Waals surface area contributed by atoms with Crippen molar-refractivity contribution in [2.24, 2.45) is 0 Å². The predicted octanol–water partition coefficient (Wildman–Crippen LogP) is 4.45. The smallest absolute Gasteiger partial charge is 0.255 e. The quantitative estimate of drug-likeness (QED) is 0.626.